The van der Waals surface area contributed by atoms with E-state index >= 15 is 0 Å². The molecule has 0 amide bonds. The Bertz CT molecular complexity index is 938. The van der Waals surface area contributed by atoms with Crippen molar-refractivity contribution in [2.24, 2.45) is 0 Å². The molecule has 0 saturated heterocycles. The highest BCUT2D eigenvalue weighted by atomic mass is 16.7. The minimum Gasteiger partial charge on any atom is -0.482 e. The fraction of sp³-hybridized carbons (Fsp3) is 0.400. The molecule has 0 atom stereocenters. The lowest BCUT2D eigenvalue weighted by atomic mass is 10.0. The van der Waals surface area contributed by atoms with E-state index in [1.165, 1.54) is 6.07 Å². The number of hydrogen-bond acceptors (Lipinski definition) is 9. The molecule has 9 nitrogen and oxygen atoms in total. The molecule has 184 valence electrons. The van der Waals surface area contributed by atoms with Gasteiger partial charge in [-0.1, -0.05) is 12.1 Å². The van der Waals surface area contributed by atoms with Crippen molar-refractivity contribution in [2.45, 2.75) is 33.6 Å². The fourth-order valence-corrected chi connectivity index (χ4v) is 2.89. The maximum absolute atomic E-state index is 11.7. The number of carbonyl (C=O) groups excluding carboxylic acids is 3. The van der Waals surface area contributed by atoms with Gasteiger partial charge in [-0.2, -0.15) is 0 Å². The molecule has 2 rings (SSSR count). The lowest BCUT2D eigenvalue weighted by Crippen LogP contribution is -2.15. The molecule has 0 aliphatic heterocycles. The summed E-state index contributed by atoms with van der Waals surface area (Å²) in [5.74, 6) is 0.268. The standard InChI is InChI=1S/C25H30O9/c1-4-29-23(26)16-32-20-11-9-18(10-12-20)7-8-19-13-21(33-17-24(27)30-5-2)15-22(14-19)34-25(28)31-6-3/h9-15H,4-8,16-17H2,1-3H3. The Morgan fingerprint density at radius 2 is 1.15 bits per heavy atom. The van der Waals surface area contributed by atoms with E-state index in [9.17, 15) is 14.4 Å². The number of ether oxygens (including phenoxy) is 6. The van der Waals surface area contributed by atoms with Crippen molar-refractivity contribution >= 4 is 18.1 Å². The maximum Gasteiger partial charge on any atom is 0.513 e. The SMILES string of the molecule is CCOC(=O)COc1ccc(CCc2cc(OCC(=O)OCC)cc(OC(=O)OCC)c2)cc1. The Balaban J connectivity index is 2.02. The van der Waals surface area contributed by atoms with Crippen molar-refractivity contribution in [3.8, 4) is 17.2 Å². The minimum absolute atomic E-state index is 0.144. The molecule has 34 heavy (non-hydrogen) atoms. The first-order valence-electron chi connectivity index (χ1n) is 11.1. The van der Waals surface area contributed by atoms with E-state index in [1.807, 2.05) is 12.1 Å². The first-order chi connectivity index (χ1) is 16.4. The highest BCUT2D eigenvalue weighted by molar-refractivity contribution is 5.71. The predicted octanol–water partition coefficient (Wildman–Crippen LogP) is 3.89. The fourth-order valence-electron chi connectivity index (χ4n) is 2.89. The second-order valence-corrected chi connectivity index (χ2v) is 6.93. The van der Waals surface area contributed by atoms with Gasteiger partial charge in [-0.3, -0.25) is 0 Å². The van der Waals surface area contributed by atoms with Crippen LogP contribution in [0, 0.1) is 0 Å². The van der Waals surface area contributed by atoms with Crippen LogP contribution in [0.15, 0.2) is 42.5 Å². The highest BCUT2D eigenvalue weighted by Crippen LogP contribution is 2.25. The molecule has 0 aliphatic rings. The number of aryl methyl sites for hydroxylation is 2. The van der Waals surface area contributed by atoms with Gasteiger partial charge in [-0.25, -0.2) is 14.4 Å². The summed E-state index contributed by atoms with van der Waals surface area (Å²) in [7, 11) is 0. The lowest BCUT2D eigenvalue weighted by molar-refractivity contribution is -0.146. The largest absolute Gasteiger partial charge is 0.513 e. The van der Waals surface area contributed by atoms with Crippen LogP contribution in [-0.4, -0.2) is 51.1 Å². The molecule has 0 saturated carbocycles. The van der Waals surface area contributed by atoms with Gasteiger partial charge in [-0.05, 0) is 69.0 Å². The van der Waals surface area contributed by atoms with Crippen LogP contribution in [-0.2, 0) is 36.6 Å². The van der Waals surface area contributed by atoms with E-state index in [4.69, 9.17) is 28.4 Å². The number of hydrogen-bond donors (Lipinski definition) is 0. The molecule has 0 fully saturated rings. The van der Waals surface area contributed by atoms with Crippen molar-refractivity contribution in [1.29, 1.82) is 0 Å². The average molecular weight is 475 g/mol. The van der Waals surface area contributed by atoms with Gasteiger partial charge in [0.25, 0.3) is 0 Å². The van der Waals surface area contributed by atoms with Gasteiger partial charge in [0.2, 0.25) is 0 Å². The smallest absolute Gasteiger partial charge is 0.482 e. The zero-order valence-electron chi connectivity index (χ0n) is 19.7. The molecule has 0 N–H and O–H groups in total. The van der Waals surface area contributed by atoms with Crippen LogP contribution in [0.1, 0.15) is 31.9 Å². The summed E-state index contributed by atoms with van der Waals surface area (Å²) in [5, 5.41) is 0. The molecule has 9 heteroatoms. The quantitative estimate of drug-likeness (QED) is 0.243. The van der Waals surface area contributed by atoms with Crippen molar-refractivity contribution in [2.75, 3.05) is 33.0 Å². The third-order valence-electron chi connectivity index (χ3n) is 4.35. The molecular weight excluding hydrogens is 444 g/mol. The number of rotatable bonds is 13. The Morgan fingerprint density at radius 1 is 0.618 bits per heavy atom. The van der Waals surface area contributed by atoms with Crippen LogP contribution < -0.4 is 14.2 Å². The molecule has 0 unspecified atom stereocenters. The van der Waals surface area contributed by atoms with Crippen LogP contribution >= 0.6 is 0 Å². The van der Waals surface area contributed by atoms with Gasteiger partial charge >= 0.3 is 18.1 Å². The summed E-state index contributed by atoms with van der Waals surface area (Å²) in [6.07, 6.45) is 0.464. The lowest BCUT2D eigenvalue weighted by Gasteiger charge is -2.12. The van der Waals surface area contributed by atoms with Gasteiger partial charge in [0.15, 0.2) is 13.2 Å². The van der Waals surface area contributed by atoms with Crippen molar-refractivity contribution in [3.05, 3.63) is 53.6 Å². The zero-order valence-corrected chi connectivity index (χ0v) is 19.7. The van der Waals surface area contributed by atoms with Crippen molar-refractivity contribution in [1.82, 2.24) is 0 Å². The summed E-state index contributed by atoms with van der Waals surface area (Å²) >= 11 is 0. The summed E-state index contributed by atoms with van der Waals surface area (Å²) in [6.45, 7) is 5.47. The van der Waals surface area contributed by atoms with E-state index in [0.29, 0.717) is 30.9 Å². The van der Waals surface area contributed by atoms with E-state index in [1.54, 1.807) is 45.0 Å². The Morgan fingerprint density at radius 3 is 1.74 bits per heavy atom. The van der Waals surface area contributed by atoms with Crippen LogP contribution in [0.25, 0.3) is 0 Å². The Labute approximate surface area is 198 Å². The van der Waals surface area contributed by atoms with E-state index in [-0.39, 0.29) is 32.2 Å². The number of esters is 2. The van der Waals surface area contributed by atoms with Crippen molar-refractivity contribution in [3.63, 3.8) is 0 Å². The second kappa shape index (κ2) is 14.4. The van der Waals surface area contributed by atoms with Crippen LogP contribution in [0.3, 0.4) is 0 Å². The van der Waals surface area contributed by atoms with Gasteiger partial charge < -0.3 is 28.4 Å². The average Bonchev–Trinajstić information content (AvgIpc) is 2.81. The number of carbonyl (C=O) groups is 3. The molecule has 2 aromatic carbocycles. The van der Waals surface area contributed by atoms with E-state index < -0.39 is 18.1 Å². The van der Waals surface area contributed by atoms with E-state index in [2.05, 4.69) is 0 Å². The Kier molecular flexibility index (Phi) is 11.2. The topological polar surface area (TPSA) is 107 Å². The summed E-state index contributed by atoms with van der Waals surface area (Å²) < 4.78 is 30.7. The minimum atomic E-state index is -0.825. The molecule has 0 heterocycles. The van der Waals surface area contributed by atoms with Crippen molar-refractivity contribution < 1.29 is 42.8 Å². The second-order valence-electron chi connectivity index (χ2n) is 6.93. The van der Waals surface area contributed by atoms with Gasteiger partial charge in [0, 0.05) is 6.07 Å². The predicted molar refractivity (Wildman–Crippen MR) is 122 cm³/mol. The summed E-state index contributed by atoms with van der Waals surface area (Å²) in [5.41, 5.74) is 1.87. The third-order valence-corrected chi connectivity index (χ3v) is 4.35. The van der Waals surface area contributed by atoms with Gasteiger partial charge in [0.1, 0.15) is 17.2 Å². The molecule has 0 aliphatic carbocycles. The maximum atomic E-state index is 11.7. The molecule has 2 aromatic rings. The molecular formula is C25H30O9. The Hall–Kier alpha value is -3.75. The molecule has 0 bridgehead atoms. The van der Waals surface area contributed by atoms with Gasteiger partial charge in [-0.15, -0.1) is 0 Å². The summed E-state index contributed by atoms with van der Waals surface area (Å²) in [6, 6.07) is 12.4. The third kappa shape index (κ3) is 9.81. The van der Waals surface area contributed by atoms with Crippen LogP contribution in [0.4, 0.5) is 4.79 Å². The first kappa shape index (κ1) is 26.5. The molecule has 0 aromatic heterocycles. The summed E-state index contributed by atoms with van der Waals surface area (Å²) in [4.78, 5) is 34.7. The van der Waals surface area contributed by atoms with Gasteiger partial charge in [0.05, 0.1) is 19.8 Å². The van der Waals surface area contributed by atoms with Crippen LogP contribution in [0.2, 0.25) is 0 Å². The normalized spacial score (nSPS) is 10.2. The monoisotopic (exact) mass is 474 g/mol. The highest BCUT2D eigenvalue weighted by Gasteiger charge is 2.11. The molecule has 0 radical (unpaired) electrons. The molecule has 0 spiro atoms. The zero-order chi connectivity index (χ0) is 24.8. The van der Waals surface area contributed by atoms with Crippen LogP contribution in [0.5, 0.6) is 17.2 Å². The first-order valence-corrected chi connectivity index (χ1v) is 11.1. The van der Waals surface area contributed by atoms with E-state index in [0.717, 1.165) is 11.1 Å². The number of benzene rings is 2.